The van der Waals surface area contributed by atoms with E-state index in [9.17, 15) is 17.6 Å². The molecule has 1 aromatic carbocycles. The first-order valence-electron chi connectivity index (χ1n) is 6.52. The number of benzene rings is 1. The third-order valence-electron chi connectivity index (χ3n) is 2.78. The van der Waals surface area contributed by atoms with E-state index in [0.29, 0.717) is 25.3 Å². The van der Waals surface area contributed by atoms with Gasteiger partial charge in [-0.2, -0.15) is 13.2 Å². The minimum atomic E-state index is -4.37. The van der Waals surface area contributed by atoms with Crippen LogP contribution in [0.5, 0.6) is 0 Å². The summed E-state index contributed by atoms with van der Waals surface area (Å²) in [7, 11) is 1.55. The number of methoxy groups -OCH3 is 1. The highest BCUT2D eigenvalue weighted by Gasteiger charge is 2.28. The molecule has 7 heteroatoms. The summed E-state index contributed by atoms with van der Waals surface area (Å²) in [6, 6.07) is 5.79. The Morgan fingerprint density at radius 3 is 2.67 bits per heavy atom. The third kappa shape index (κ3) is 7.99. The van der Waals surface area contributed by atoms with Crippen LogP contribution in [0.25, 0.3) is 0 Å². The second-order valence-corrected chi connectivity index (χ2v) is 4.58. The molecule has 0 amide bonds. The molecule has 1 rings (SSSR count). The Morgan fingerprint density at radius 1 is 1.29 bits per heavy atom. The minimum absolute atomic E-state index is 0.136. The molecule has 0 heterocycles. The molecule has 0 aromatic heterocycles. The molecule has 0 bridgehead atoms. The highest BCUT2D eigenvalue weighted by atomic mass is 19.4. The average Bonchev–Trinajstić information content (AvgIpc) is 2.40. The number of hydrogen-bond donors (Lipinski definition) is 1. The summed E-state index contributed by atoms with van der Waals surface area (Å²) >= 11 is 0. The maximum Gasteiger partial charge on any atom is 0.411 e. The fourth-order valence-electron chi connectivity index (χ4n) is 1.80. The molecule has 0 aliphatic carbocycles. The molecule has 0 saturated heterocycles. The van der Waals surface area contributed by atoms with Crippen molar-refractivity contribution in [1.29, 1.82) is 0 Å². The average molecular weight is 309 g/mol. The lowest BCUT2D eigenvalue weighted by atomic mass is 10.00. The predicted molar refractivity (Wildman–Crippen MR) is 70.8 cm³/mol. The summed E-state index contributed by atoms with van der Waals surface area (Å²) in [5, 5.41) is 3.04. The van der Waals surface area contributed by atoms with E-state index < -0.39 is 18.6 Å². The normalized spacial score (nSPS) is 13.4. The van der Waals surface area contributed by atoms with Gasteiger partial charge < -0.3 is 14.8 Å². The number of ether oxygens (including phenoxy) is 2. The zero-order valence-electron chi connectivity index (χ0n) is 11.8. The first-order valence-corrected chi connectivity index (χ1v) is 6.52. The second-order valence-electron chi connectivity index (χ2n) is 4.58. The standard InChI is InChI=1S/C14H19F4NO2/c1-20-6-5-19-8-12(9-21-10-14(16,17)18)11-3-2-4-13(15)7-11/h2-4,7,12,19H,5-6,8-10H2,1H3. The predicted octanol–water partition coefficient (Wildman–Crippen LogP) is 2.72. The van der Waals surface area contributed by atoms with Gasteiger partial charge in [-0.25, -0.2) is 4.39 Å². The fourth-order valence-corrected chi connectivity index (χ4v) is 1.80. The van der Waals surface area contributed by atoms with Crippen molar-refractivity contribution in [1.82, 2.24) is 5.32 Å². The fraction of sp³-hybridized carbons (Fsp3) is 0.571. The van der Waals surface area contributed by atoms with Crippen molar-refractivity contribution in [3.8, 4) is 0 Å². The Kier molecular flexibility index (Phi) is 7.63. The van der Waals surface area contributed by atoms with Crippen LogP contribution in [0.4, 0.5) is 17.6 Å². The van der Waals surface area contributed by atoms with Crippen molar-refractivity contribution in [2.24, 2.45) is 0 Å². The molecule has 120 valence electrons. The van der Waals surface area contributed by atoms with E-state index >= 15 is 0 Å². The minimum Gasteiger partial charge on any atom is -0.383 e. The van der Waals surface area contributed by atoms with Gasteiger partial charge in [0, 0.05) is 26.1 Å². The zero-order valence-corrected chi connectivity index (χ0v) is 11.8. The number of alkyl halides is 3. The summed E-state index contributed by atoms with van der Waals surface area (Å²) in [5.74, 6) is -0.787. The maximum atomic E-state index is 13.2. The molecule has 0 saturated carbocycles. The Morgan fingerprint density at radius 2 is 2.05 bits per heavy atom. The number of nitrogens with one attached hydrogen (secondary N) is 1. The Labute approximate surface area is 121 Å². The van der Waals surface area contributed by atoms with E-state index in [1.807, 2.05) is 0 Å². The molecule has 1 aromatic rings. The topological polar surface area (TPSA) is 30.5 Å². The molecule has 0 aliphatic rings. The summed E-state index contributed by atoms with van der Waals surface area (Å²) in [5.41, 5.74) is 0.599. The van der Waals surface area contributed by atoms with Gasteiger partial charge in [-0.15, -0.1) is 0 Å². The van der Waals surface area contributed by atoms with Crippen molar-refractivity contribution in [3.63, 3.8) is 0 Å². The third-order valence-corrected chi connectivity index (χ3v) is 2.78. The second kappa shape index (κ2) is 8.96. The monoisotopic (exact) mass is 309 g/mol. The molecular formula is C14H19F4NO2. The van der Waals surface area contributed by atoms with E-state index in [0.717, 1.165) is 0 Å². The first-order chi connectivity index (χ1) is 9.92. The van der Waals surface area contributed by atoms with Gasteiger partial charge >= 0.3 is 6.18 Å². The number of halogens is 4. The Bertz CT molecular complexity index is 412. The maximum absolute atomic E-state index is 13.2. The molecule has 0 fully saturated rings. The highest BCUT2D eigenvalue weighted by Crippen LogP contribution is 2.19. The van der Waals surface area contributed by atoms with E-state index in [1.54, 1.807) is 13.2 Å². The molecule has 1 unspecified atom stereocenters. The number of hydrogen-bond acceptors (Lipinski definition) is 3. The lowest BCUT2D eigenvalue weighted by molar-refractivity contribution is -0.174. The van der Waals surface area contributed by atoms with E-state index in [-0.39, 0.29) is 12.5 Å². The molecular weight excluding hydrogens is 290 g/mol. The van der Waals surface area contributed by atoms with Crippen LogP contribution < -0.4 is 5.32 Å². The zero-order chi connectivity index (χ0) is 15.7. The van der Waals surface area contributed by atoms with Crippen LogP contribution >= 0.6 is 0 Å². The van der Waals surface area contributed by atoms with Gasteiger partial charge in [0.05, 0.1) is 13.2 Å². The van der Waals surface area contributed by atoms with Gasteiger partial charge in [0.15, 0.2) is 0 Å². The van der Waals surface area contributed by atoms with Gasteiger partial charge in [0.2, 0.25) is 0 Å². The quantitative estimate of drug-likeness (QED) is 0.562. The van der Waals surface area contributed by atoms with Crippen LogP contribution in [0.3, 0.4) is 0 Å². The molecule has 3 nitrogen and oxygen atoms in total. The summed E-state index contributed by atoms with van der Waals surface area (Å²) in [6.07, 6.45) is -4.37. The smallest absolute Gasteiger partial charge is 0.383 e. The van der Waals surface area contributed by atoms with Crippen LogP contribution in [-0.2, 0) is 9.47 Å². The van der Waals surface area contributed by atoms with Crippen LogP contribution in [0.1, 0.15) is 11.5 Å². The van der Waals surface area contributed by atoms with Crippen molar-refractivity contribution >= 4 is 0 Å². The Hall–Kier alpha value is -1.18. The molecule has 21 heavy (non-hydrogen) atoms. The molecule has 1 N–H and O–H groups in total. The SMILES string of the molecule is COCCNCC(COCC(F)(F)F)c1cccc(F)c1. The van der Waals surface area contributed by atoms with Crippen molar-refractivity contribution in [3.05, 3.63) is 35.6 Å². The van der Waals surface area contributed by atoms with Gasteiger partial charge in [0.1, 0.15) is 12.4 Å². The lowest BCUT2D eigenvalue weighted by Gasteiger charge is -2.19. The molecule has 1 atom stereocenters. The van der Waals surface area contributed by atoms with Crippen molar-refractivity contribution < 1.29 is 27.0 Å². The Balaban J connectivity index is 2.57. The molecule has 0 aliphatic heterocycles. The summed E-state index contributed by atoms with van der Waals surface area (Å²) in [6.45, 7) is -0.0225. The molecule has 0 spiro atoms. The van der Waals surface area contributed by atoms with Crippen molar-refractivity contribution in [2.75, 3.05) is 40.0 Å². The van der Waals surface area contributed by atoms with Crippen LogP contribution in [0, 0.1) is 5.82 Å². The highest BCUT2D eigenvalue weighted by molar-refractivity contribution is 5.21. The summed E-state index contributed by atoms with van der Waals surface area (Å²) in [4.78, 5) is 0. The van der Waals surface area contributed by atoms with Gasteiger partial charge in [-0.1, -0.05) is 12.1 Å². The largest absolute Gasteiger partial charge is 0.411 e. The van der Waals surface area contributed by atoms with Crippen LogP contribution in [-0.4, -0.2) is 46.2 Å². The van der Waals surface area contributed by atoms with Gasteiger partial charge in [0.25, 0.3) is 0 Å². The van der Waals surface area contributed by atoms with E-state index in [4.69, 9.17) is 9.47 Å². The lowest BCUT2D eigenvalue weighted by Crippen LogP contribution is -2.29. The van der Waals surface area contributed by atoms with E-state index in [2.05, 4.69) is 5.32 Å². The summed E-state index contributed by atoms with van der Waals surface area (Å²) < 4.78 is 59.1. The van der Waals surface area contributed by atoms with Crippen LogP contribution in [0.15, 0.2) is 24.3 Å². The number of rotatable bonds is 9. The first kappa shape index (κ1) is 17.9. The van der Waals surface area contributed by atoms with Crippen LogP contribution in [0.2, 0.25) is 0 Å². The van der Waals surface area contributed by atoms with Gasteiger partial charge in [-0.05, 0) is 17.7 Å². The molecule has 0 radical (unpaired) electrons. The van der Waals surface area contributed by atoms with E-state index in [1.165, 1.54) is 18.2 Å². The van der Waals surface area contributed by atoms with Gasteiger partial charge in [-0.3, -0.25) is 0 Å². The van der Waals surface area contributed by atoms with Crippen molar-refractivity contribution in [2.45, 2.75) is 12.1 Å².